The van der Waals surface area contributed by atoms with Crippen LogP contribution in [-0.4, -0.2) is 19.8 Å². The van der Waals surface area contributed by atoms with Gasteiger partial charge in [-0.1, -0.05) is 17.3 Å². The summed E-state index contributed by atoms with van der Waals surface area (Å²) in [4.78, 5) is 4.29. The first-order valence-corrected chi connectivity index (χ1v) is 7.08. The molecule has 0 spiro atoms. The number of fused-ring (bicyclic) bond motifs is 1. The number of aliphatic hydroxyl groups is 1. The minimum absolute atomic E-state index is 0.221. The van der Waals surface area contributed by atoms with Gasteiger partial charge in [0, 0.05) is 17.1 Å². The molecular formula is C16H11F2N3O3. The Morgan fingerprint density at radius 2 is 2.12 bits per heavy atom. The van der Waals surface area contributed by atoms with Crippen molar-refractivity contribution in [2.75, 3.05) is 0 Å². The van der Waals surface area contributed by atoms with Crippen molar-refractivity contribution in [3.05, 3.63) is 48.6 Å². The summed E-state index contributed by atoms with van der Waals surface area (Å²) < 4.78 is 37.2. The summed E-state index contributed by atoms with van der Waals surface area (Å²) in [6.07, 6.45) is 2.72. The van der Waals surface area contributed by atoms with E-state index in [-0.39, 0.29) is 18.3 Å². The molecule has 0 unspecified atom stereocenters. The predicted molar refractivity (Wildman–Crippen MR) is 80.1 cm³/mol. The van der Waals surface area contributed by atoms with Crippen molar-refractivity contribution in [3.8, 4) is 22.8 Å². The van der Waals surface area contributed by atoms with Crippen LogP contribution in [0.2, 0.25) is 0 Å². The molecule has 0 amide bonds. The molecule has 0 fully saturated rings. The second kappa shape index (κ2) is 5.57. The zero-order valence-corrected chi connectivity index (χ0v) is 12.2. The van der Waals surface area contributed by atoms with Gasteiger partial charge in [0.2, 0.25) is 5.82 Å². The van der Waals surface area contributed by atoms with Crippen LogP contribution in [0.5, 0.6) is 0 Å². The van der Waals surface area contributed by atoms with Crippen molar-refractivity contribution in [2.24, 2.45) is 0 Å². The number of hydrogen-bond donors (Lipinski definition) is 1. The molecule has 0 atom stereocenters. The summed E-state index contributed by atoms with van der Waals surface area (Å²) in [5.41, 5.74) is 1.52. The van der Waals surface area contributed by atoms with E-state index >= 15 is 0 Å². The average molecular weight is 331 g/mol. The van der Waals surface area contributed by atoms with Crippen LogP contribution in [0.4, 0.5) is 8.78 Å². The smallest absolute Gasteiger partial charge is 0.319 e. The van der Waals surface area contributed by atoms with Crippen molar-refractivity contribution < 1.29 is 22.8 Å². The third-order valence-electron chi connectivity index (χ3n) is 3.70. The number of aliphatic hydroxyl groups excluding tert-OH is 1. The Hall–Kier alpha value is -3.00. The zero-order chi connectivity index (χ0) is 16.7. The fraction of sp³-hybridized carbons (Fsp3) is 0.125. The van der Waals surface area contributed by atoms with Gasteiger partial charge in [0.1, 0.15) is 18.6 Å². The summed E-state index contributed by atoms with van der Waals surface area (Å²) in [6, 6.07) is 8.19. The van der Waals surface area contributed by atoms with Crippen LogP contribution in [0, 0.1) is 0 Å². The van der Waals surface area contributed by atoms with Crippen LogP contribution < -0.4 is 0 Å². The summed E-state index contributed by atoms with van der Waals surface area (Å²) in [5.74, 6) is 0.883. The average Bonchev–Trinajstić information content (AvgIpc) is 3.31. The van der Waals surface area contributed by atoms with Gasteiger partial charge in [-0.2, -0.15) is 13.8 Å². The minimum Gasteiger partial charge on any atom is -0.466 e. The van der Waals surface area contributed by atoms with Crippen LogP contribution in [-0.2, 0) is 6.61 Å². The predicted octanol–water partition coefficient (Wildman–Crippen LogP) is 3.84. The molecule has 24 heavy (non-hydrogen) atoms. The van der Waals surface area contributed by atoms with E-state index in [4.69, 9.17) is 14.0 Å². The fourth-order valence-corrected chi connectivity index (χ4v) is 2.58. The van der Waals surface area contributed by atoms with E-state index in [1.807, 2.05) is 0 Å². The minimum atomic E-state index is -2.62. The van der Waals surface area contributed by atoms with E-state index < -0.39 is 6.55 Å². The standard InChI is InChI=1S/C16H11F2N3O3/c17-16(18)21-5-4-11-12(2-1-3-13(11)21)14-19-15(24-20-14)9-6-10(7-22)23-8-9/h1-6,8,16,22H,7H2. The maximum atomic E-state index is 13.0. The van der Waals surface area contributed by atoms with Crippen LogP contribution in [0.3, 0.4) is 0 Å². The highest BCUT2D eigenvalue weighted by Crippen LogP contribution is 2.31. The van der Waals surface area contributed by atoms with Crippen LogP contribution in [0.1, 0.15) is 12.3 Å². The molecule has 8 heteroatoms. The summed E-state index contributed by atoms with van der Waals surface area (Å²) in [5, 5.41) is 13.5. The van der Waals surface area contributed by atoms with E-state index in [1.54, 1.807) is 30.3 Å². The fourth-order valence-electron chi connectivity index (χ4n) is 2.58. The van der Waals surface area contributed by atoms with Gasteiger partial charge >= 0.3 is 6.55 Å². The van der Waals surface area contributed by atoms with Gasteiger partial charge < -0.3 is 14.0 Å². The van der Waals surface area contributed by atoms with E-state index in [0.29, 0.717) is 27.8 Å². The van der Waals surface area contributed by atoms with Gasteiger partial charge in [-0.15, -0.1) is 0 Å². The number of nitrogens with zero attached hydrogens (tertiary/aromatic N) is 3. The maximum Gasteiger partial charge on any atom is 0.319 e. The lowest BCUT2D eigenvalue weighted by atomic mass is 10.1. The van der Waals surface area contributed by atoms with Crippen LogP contribution in [0.25, 0.3) is 33.7 Å². The Kier molecular flexibility index (Phi) is 3.39. The van der Waals surface area contributed by atoms with Crippen LogP contribution in [0.15, 0.2) is 51.7 Å². The van der Waals surface area contributed by atoms with Crippen molar-refractivity contribution >= 4 is 10.9 Å². The number of aromatic nitrogens is 3. The first-order valence-electron chi connectivity index (χ1n) is 7.08. The number of alkyl halides is 2. The molecule has 1 N–H and O–H groups in total. The first-order chi connectivity index (χ1) is 11.7. The summed E-state index contributed by atoms with van der Waals surface area (Å²) in [7, 11) is 0. The lowest BCUT2D eigenvalue weighted by molar-refractivity contribution is 0.0752. The molecule has 6 nitrogen and oxygen atoms in total. The molecule has 3 heterocycles. The summed E-state index contributed by atoms with van der Waals surface area (Å²) >= 11 is 0. The second-order valence-electron chi connectivity index (χ2n) is 5.12. The number of benzene rings is 1. The largest absolute Gasteiger partial charge is 0.466 e. The van der Waals surface area contributed by atoms with E-state index in [1.165, 1.54) is 12.5 Å². The Bertz CT molecular complexity index is 1000. The third-order valence-corrected chi connectivity index (χ3v) is 3.70. The van der Waals surface area contributed by atoms with E-state index in [2.05, 4.69) is 10.1 Å². The number of halogens is 2. The molecule has 0 saturated heterocycles. The molecule has 4 rings (SSSR count). The first kappa shape index (κ1) is 14.6. The molecule has 122 valence electrons. The molecule has 0 saturated carbocycles. The Labute approximate surface area is 133 Å². The number of rotatable bonds is 4. The van der Waals surface area contributed by atoms with Gasteiger partial charge in [-0.25, -0.2) is 0 Å². The molecule has 0 aliphatic heterocycles. The zero-order valence-electron chi connectivity index (χ0n) is 12.2. The summed E-state index contributed by atoms with van der Waals surface area (Å²) in [6.45, 7) is -2.86. The monoisotopic (exact) mass is 331 g/mol. The molecule has 3 aromatic heterocycles. The van der Waals surface area contributed by atoms with Crippen molar-refractivity contribution in [3.63, 3.8) is 0 Å². The number of hydrogen-bond acceptors (Lipinski definition) is 5. The maximum absolute atomic E-state index is 13.0. The molecule has 1 aromatic carbocycles. The molecule has 0 radical (unpaired) electrons. The van der Waals surface area contributed by atoms with Gasteiger partial charge in [0.05, 0.1) is 11.1 Å². The topological polar surface area (TPSA) is 77.2 Å². The molecular weight excluding hydrogens is 320 g/mol. The van der Waals surface area contributed by atoms with E-state index in [0.717, 1.165) is 4.57 Å². The van der Waals surface area contributed by atoms with Gasteiger partial charge in [-0.3, -0.25) is 4.57 Å². The van der Waals surface area contributed by atoms with Gasteiger partial charge in [0.15, 0.2) is 0 Å². The Morgan fingerprint density at radius 1 is 1.25 bits per heavy atom. The van der Waals surface area contributed by atoms with Crippen LogP contribution >= 0.6 is 0 Å². The Morgan fingerprint density at radius 3 is 2.88 bits per heavy atom. The highest BCUT2D eigenvalue weighted by Gasteiger charge is 2.17. The van der Waals surface area contributed by atoms with Crippen molar-refractivity contribution in [2.45, 2.75) is 13.2 Å². The second-order valence-corrected chi connectivity index (χ2v) is 5.12. The normalized spacial score (nSPS) is 11.7. The van der Waals surface area contributed by atoms with Crippen molar-refractivity contribution in [1.82, 2.24) is 14.7 Å². The lowest BCUT2D eigenvalue weighted by Gasteiger charge is -2.03. The van der Waals surface area contributed by atoms with Gasteiger partial charge in [-0.05, 0) is 18.2 Å². The molecule has 0 aliphatic rings. The lowest BCUT2D eigenvalue weighted by Crippen LogP contribution is -1.95. The molecule has 4 aromatic rings. The molecule has 0 aliphatic carbocycles. The Balaban J connectivity index is 1.78. The third kappa shape index (κ3) is 2.28. The quantitative estimate of drug-likeness (QED) is 0.615. The van der Waals surface area contributed by atoms with E-state index in [9.17, 15) is 8.78 Å². The molecule has 0 bridgehead atoms. The van der Waals surface area contributed by atoms with Crippen molar-refractivity contribution in [1.29, 1.82) is 0 Å². The highest BCUT2D eigenvalue weighted by atomic mass is 19.3. The van der Waals surface area contributed by atoms with Gasteiger partial charge in [0.25, 0.3) is 5.89 Å². The SMILES string of the molecule is OCc1cc(-c2nc(-c3cccc4c3ccn4C(F)F)no2)co1. The number of furan rings is 1. The highest BCUT2D eigenvalue weighted by molar-refractivity contribution is 5.93.